The summed E-state index contributed by atoms with van der Waals surface area (Å²) in [6.45, 7) is 0.161. The van der Waals surface area contributed by atoms with Crippen LogP contribution in [0.15, 0.2) is 48.5 Å². The summed E-state index contributed by atoms with van der Waals surface area (Å²) in [6, 6.07) is 11.0. The van der Waals surface area contributed by atoms with Crippen molar-refractivity contribution < 1.29 is 41.0 Å². The van der Waals surface area contributed by atoms with Crippen molar-refractivity contribution in [1.82, 2.24) is 0 Å². The molecule has 0 fully saturated rings. The summed E-state index contributed by atoms with van der Waals surface area (Å²) in [4.78, 5) is 13.8. The normalized spacial score (nSPS) is 15.3. The van der Waals surface area contributed by atoms with Crippen LogP contribution in [0.1, 0.15) is 29.5 Å². The van der Waals surface area contributed by atoms with E-state index < -0.39 is 29.6 Å². The van der Waals surface area contributed by atoms with Crippen LogP contribution in [-0.4, -0.2) is 30.1 Å². The minimum atomic E-state index is -5.97. The lowest BCUT2D eigenvalue weighted by atomic mass is 9.89. The lowest BCUT2D eigenvalue weighted by Crippen LogP contribution is -2.54. The summed E-state index contributed by atoms with van der Waals surface area (Å²) in [6.07, 6.45) is -11.6. The number of benzene rings is 2. The number of aryl methyl sites for hydroxylation is 1. The summed E-state index contributed by atoms with van der Waals surface area (Å²) >= 11 is 0. The van der Waals surface area contributed by atoms with Crippen LogP contribution in [-0.2, 0) is 23.4 Å². The maximum Gasteiger partial charge on any atom is 0.430 e. The van der Waals surface area contributed by atoms with Gasteiger partial charge in [-0.3, -0.25) is 4.90 Å². The second-order valence-electron chi connectivity index (χ2n) is 7.20. The number of ether oxygens (including phenoxy) is 1. The van der Waals surface area contributed by atoms with E-state index in [9.17, 15) is 36.2 Å². The lowest BCUT2D eigenvalue weighted by molar-refractivity contribution is -0.376. The molecular formula is C21H19F6NO3. The summed E-state index contributed by atoms with van der Waals surface area (Å²) < 4.78 is 84.5. The highest BCUT2D eigenvalue weighted by Gasteiger charge is 2.71. The highest BCUT2D eigenvalue weighted by atomic mass is 19.4. The van der Waals surface area contributed by atoms with Crippen molar-refractivity contribution in [3.05, 3.63) is 65.2 Å². The van der Waals surface area contributed by atoms with Gasteiger partial charge in [0, 0.05) is 12.1 Å². The average molecular weight is 447 g/mol. The van der Waals surface area contributed by atoms with Gasteiger partial charge >= 0.3 is 18.4 Å². The molecule has 1 amide bonds. The minimum Gasteiger partial charge on any atom is -0.444 e. The minimum absolute atomic E-state index is 0.0362. The molecule has 1 aliphatic heterocycles. The highest BCUT2D eigenvalue weighted by Crippen LogP contribution is 2.50. The molecule has 0 radical (unpaired) electrons. The van der Waals surface area contributed by atoms with E-state index >= 15 is 0 Å². The molecule has 0 bridgehead atoms. The average Bonchev–Trinajstić information content (AvgIpc) is 2.92. The number of fused-ring (bicyclic) bond motifs is 1. The Bertz CT molecular complexity index is 913. The van der Waals surface area contributed by atoms with Crippen LogP contribution in [0.5, 0.6) is 0 Å². The van der Waals surface area contributed by atoms with Gasteiger partial charge in [0.2, 0.25) is 0 Å². The molecule has 1 N–H and O–H groups in total. The van der Waals surface area contributed by atoms with Crippen LogP contribution >= 0.6 is 0 Å². The number of nitrogens with zero attached hydrogens (tertiary/aromatic N) is 1. The standard InChI is InChI=1S/C21H19F6NO3/c22-20(23,24)19(30,21(25,26)27)16-9-10-17-15(12-16)8-4-5-11-28(17)18(29)31-13-14-6-2-1-3-7-14/h1-3,6-7,9-10,12,30H,4-5,8,11,13H2. The Balaban J connectivity index is 1.92. The van der Waals surface area contributed by atoms with E-state index in [2.05, 4.69) is 0 Å². The predicted molar refractivity (Wildman–Crippen MR) is 99.4 cm³/mol. The van der Waals surface area contributed by atoms with Crippen LogP contribution in [0, 0.1) is 0 Å². The van der Waals surface area contributed by atoms with Gasteiger partial charge < -0.3 is 9.84 Å². The van der Waals surface area contributed by atoms with E-state index in [0.29, 0.717) is 25.0 Å². The quantitative estimate of drug-likeness (QED) is 0.635. The second-order valence-corrected chi connectivity index (χ2v) is 7.20. The third-order valence-corrected chi connectivity index (χ3v) is 5.11. The van der Waals surface area contributed by atoms with Gasteiger partial charge in [0.05, 0.1) is 5.69 Å². The molecule has 31 heavy (non-hydrogen) atoms. The van der Waals surface area contributed by atoms with Gasteiger partial charge in [-0.2, -0.15) is 26.3 Å². The van der Waals surface area contributed by atoms with E-state index in [1.165, 1.54) is 4.90 Å². The van der Waals surface area contributed by atoms with Crippen molar-refractivity contribution in [1.29, 1.82) is 0 Å². The molecule has 10 heteroatoms. The largest absolute Gasteiger partial charge is 0.444 e. The monoisotopic (exact) mass is 447 g/mol. The Morgan fingerprint density at radius 1 is 0.968 bits per heavy atom. The van der Waals surface area contributed by atoms with E-state index in [0.717, 1.165) is 11.6 Å². The first-order chi connectivity index (χ1) is 14.4. The molecule has 0 unspecified atom stereocenters. The molecule has 0 aliphatic carbocycles. The Labute approximate surface area is 174 Å². The van der Waals surface area contributed by atoms with Gasteiger partial charge in [0.25, 0.3) is 5.60 Å². The van der Waals surface area contributed by atoms with Gasteiger partial charge in [-0.1, -0.05) is 42.5 Å². The first-order valence-electron chi connectivity index (χ1n) is 9.42. The topological polar surface area (TPSA) is 49.8 Å². The van der Waals surface area contributed by atoms with Crippen molar-refractivity contribution in [3.63, 3.8) is 0 Å². The molecule has 0 aromatic heterocycles. The molecule has 3 rings (SSSR count). The van der Waals surface area contributed by atoms with E-state index in [1.807, 2.05) is 0 Å². The van der Waals surface area contributed by atoms with Crippen molar-refractivity contribution in [2.45, 2.75) is 43.8 Å². The Kier molecular flexibility index (Phi) is 6.22. The van der Waals surface area contributed by atoms with Crippen LogP contribution in [0.3, 0.4) is 0 Å². The third-order valence-electron chi connectivity index (χ3n) is 5.11. The van der Waals surface area contributed by atoms with Crippen molar-refractivity contribution >= 4 is 11.8 Å². The second kappa shape index (κ2) is 8.41. The molecule has 4 nitrogen and oxygen atoms in total. The first kappa shape index (κ1) is 22.9. The van der Waals surface area contributed by atoms with Gasteiger partial charge in [-0.25, -0.2) is 4.79 Å². The molecule has 168 valence electrons. The molecule has 0 spiro atoms. The van der Waals surface area contributed by atoms with Crippen molar-refractivity contribution in [3.8, 4) is 0 Å². The number of carbonyl (C=O) groups excluding carboxylic acids is 1. The maximum absolute atomic E-state index is 13.2. The zero-order valence-corrected chi connectivity index (χ0v) is 16.1. The number of aliphatic hydroxyl groups is 1. The molecule has 1 heterocycles. The SMILES string of the molecule is O=C(OCc1ccccc1)N1CCCCc2cc(C(O)(C(F)(F)F)C(F)(F)F)ccc21. The molecule has 1 aliphatic rings. The number of alkyl halides is 6. The van der Waals surface area contributed by atoms with Crippen LogP contribution in [0.25, 0.3) is 0 Å². The van der Waals surface area contributed by atoms with Crippen molar-refractivity contribution in [2.24, 2.45) is 0 Å². The number of hydrogen-bond donors (Lipinski definition) is 1. The number of carbonyl (C=O) groups is 1. The highest BCUT2D eigenvalue weighted by molar-refractivity contribution is 5.89. The van der Waals surface area contributed by atoms with Gasteiger partial charge in [-0.05, 0) is 36.5 Å². The molecule has 0 saturated carbocycles. The molecule has 2 aromatic rings. The summed E-state index contributed by atoms with van der Waals surface area (Å²) in [5.74, 6) is 0. The molecule has 0 atom stereocenters. The number of hydrogen-bond acceptors (Lipinski definition) is 3. The van der Waals surface area contributed by atoms with E-state index in [4.69, 9.17) is 4.74 Å². The molecule has 0 saturated heterocycles. The number of amides is 1. The zero-order chi connectivity index (χ0) is 22.9. The molecular weight excluding hydrogens is 428 g/mol. The van der Waals surface area contributed by atoms with E-state index in [1.54, 1.807) is 30.3 Å². The summed E-state index contributed by atoms with van der Waals surface area (Å²) in [5.41, 5.74) is -5.38. The van der Waals surface area contributed by atoms with Gasteiger partial charge in [0.1, 0.15) is 6.61 Å². The number of rotatable bonds is 3. The predicted octanol–water partition coefficient (Wildman–Crippen LogP) is 5.48. The Hall–Kier alpha value is -2.75. The van der Waals surface area contributed by atoms with Crippen molar-refractivity contribution in [2.75, 3.05) is 11.4 Å². The summed E-state index contributed by atoms with van der Waals surface area (Å²) in [5, 5.41) is 9.66. The van der Waals surface area contributed by atoms with Crippen LogP contribution in [0.2, 0.25) is 0 Å². The van der Waals surface area contributed by atoms with Crippen LogP contribution < -0.4 is 4.90 Å². The third kappa shape index (κ3) is 4.48. The fourth-order valence-electron chi connectivity index (χ4n) is 3.45. The first-order valence-corrected chi connectivity index (χ1v) is 9.42. The van der Waals surface area contributed by atoms with E-state index in [-0.39, 0.29) is 30.8 Å². The number of anilines is 1. The fourth-order valence-corrected chi connectivity index (χ4v) is 3.45. The van der Waals surface area contributed by atoms with Gasteiger partial charge in [0.15, 0.2) is 0 Å². The Morgan fingerprint density at radius 3 is 2.23 bits per heavy atom. The Morgan fingerprint density at radius 2 is 1.61 bits per heavy atom. The lowest BCUT2D eigenvalue weighted by Gasteiger charge is -2.33. The fraction of sp³-hybridized carbons (Fsp3) is 0.381. The van der Waals surface area contributed by atoms with Gasteiger partial charge in [-0.15, -0.1) is 0 Å². The molecule has 2 aromatic carbocycles. The number of halogens is 6. The van der Waals surface area contributed by atoms with Crippen LogP contribution in [0.4, 0.5) is 36.8 Å². The summed E-state index contributed by atoms with van der Waals surface area (Å²) in [7, 11) is 0. The smallest absolute Gasteiger partial charge is 0.430 e. The zero-order valence-electron chi connectivity index (χ0n) is 16.1. The maximum atomic E-state index is 13.2.